The summed E-state index contributed by atoms with van der Waals surface area (Å²) in [7, 11) is 0. The van der Waals surface area contributed by atoms with Crippen molar-refractivity contribution >= 4 is 17.7 Å². The second-order valence-electron chi connectivity index (χ2n) is 3.53. The van der Waals surface area contributed by atoms with Gasteiger partial charge in [0.25, 0.3) is 0 Å². The molecule has 1 nitrogen and oxygen atoms in total. The molecule has 0 aliphatic carbocycles. The fourth-order valence-corrected chi connectivity index (χ4v) is 1.47. The van der Waals surface area contributed by atoms with E-state index in [-0.39, 0.29) is 0 Å². The predicted octanol–water partition coefficient (Wildman–Crippen LogP) is 3.91. The maximum Gasteiger partial charge on any atom is 0.0431 e. The van der Waals surface area contributed by atoms with Crippen LogP contribution in [0, 0.1) is 0 Å². The molecule has 0 bridgehead atoms. The van der Waals surface area contributed by atoms with Crippen molar-refractivity contribution < 1.29 is 5.11 Å². The first kappa shape index (κ1) is 12.3. The van der Waals surface area contributed by atoms with E-state index in [2.05, 4.69) is 12.2 Å². The Morgan fingerprint density at radius 3 is 2.47 bits per heavy atom. The van der Waals surface area contributed by atoms with Gasteiger partial charge >= 0.3 is 0 Å². The molecule has 1 aromatic carbocycles. The highest BCUT2D eigenvalue weighted by atomic mass is 35.5. The van der Waals surface area contributed by atoms with Gasteiger partial charge in [0.2, 0.25) is 0 Å². The van der Waals surface area contributed by atoms with Crippen molar-refractivity contribution in [3.63, 3.8) is 0 Å². The Labute approximate surface area is 96.4 Å². The standard InChI is InChI=1S/C13H17ClO/c14-13-9-7-12(8-10-13)6-4-2-1-3-5-11-15/h4,6-10,15H,1-3,5,11H2. The van der Waals surface area contributed by atoms with Crippen LogP contribution in [0.25, 0.3) is 6.08 Å². The molecule has 0 heterocycles. The van der Waals surface area contributed by atoms with Crippen molar-refractivity contribution in [2.75, 3.05) is 6.61 Å². The van der Waals surface area contributed by atoms with Gasteiger partial charge in [0.1, 0.15) is 0 Å². The molecule has 0 aliphatic rings. The van der Waals surface area contributed by atoms with Crippen molar-refractivity contribution in [3.8, 4) is 0 Å². The average molecular weight is 225 g/mol. The highest BCUT2D eigenvalue weighted by Gasteiger charge is 1.88. The molecule has 15 heavy (non-hydrogen) atoms. The maximum atomic E-state index is 8.60. The second kappa shape index (κ2) is 7.49. The van der Waals surface area contributed by atoms with Crippen LogP contribution in [0.2, 0.25) is 5.02 Å². The van der Waals surface area contributed by atoms with Gasteiger partial charge in [-0.2, -0.15) is 0 Å². The number of hydrogen-bond donors (Lipinski definition) is 1. The lowest BCUT2D eigenvalue weighted by atomic mass is 10.1. The summed E-state index contributed by atoms with van der Waals surface area (Å²) in [6.07, 6.45) is 8.50. The third-order valence-electron chi connectivity index (χ3n) is 2.21. The normalized spacial score (nSPS) is 11.1. The minimum absolute atomic E-state index is 0.306. The van der Waals surface area contributed by atoms with Gasteiger partial charge in [-0.15, -0.1) is 0 Å². The molecular weight excluding hydrogens is 208 g/mol. The van der Waals surface area contributed by atoms with Crippen LogP contribution in [0.15, 0.2) is 30.3 Å². The Bertz CT molecular complexity index is 290. The van der Waals surface area contributed by atoms with Crippen LogP contribution in [-0.4, -0.2) is 11.7 Å². The topological polar surface area (TPSA) is 20.2 Å². The summed E-state index contributed by atoms with van der Waals surface area (Å²) in [6.45, 7) is 0.306. The molecule has 1 aromatic rings. The minimum atomic E-state index is 0.306. The molecular formula is C13H17ClO. The lowest BCUT2D eigenvalue weighted by Gasteiger charge is -1.95. The fraction of sp³-hybridized carbons (Fsp3) is 0.385. The maximum absolute atomic E-state index is 8.60. The molecule has 0 aromatic heterocycles. The largest absolute Gasteiger partial charge is 0.396 e. The third kappa shape index (κ3) is 5.60. The predicted molar refractivity (Wildman–Crippen MR) is 66.0 cm³/mol. The second-order valence-corrected chi connectivity index (χ2v) is 3.96. The Balaban J connectivity index is 2.23. The highest BCUT2D eigenvalue weighted by Crippen LogP contribution is 2.11. The molecule has 1 N–H and O–H groups in total. The number of aliphatic hydroxyl groups excluding tert-OH is 1. The van der Waals surface area contributed by atoms with Gasteiger partial charge < -0.3 is 5.11 Å². The SMILES string of the molecule is OCCCCCC=Cc1ccc(Cl)cc1. The molecule has 0 radical (unpaired) electrons. The molecule has 0 atom stereocenters. The zero-order valence-corrected chi connectivity index (χ0v) is 9.58. The molecule has 1 rings (SSSR count). The van der Waals surface area contributed by atoms with Gasteiger partial charge in [-0.3, -0.25) is 0 Å². The van der Waals surface area contributed by atoms with E-state index >= 15 is 0 Å². The van der Waals surface area contributed by atoms with Crippen molar-refractivity contribution in [1.29, 1.82) is 0 Å². The summed E-state index contributed by atoms with van der Waals surface area (Å²) in [5, 5.41) is 9.37. The zero-order chi connectivity index (χ0) is 10.9. The summed E-state index contributed by atoms with van der Waals surface area (Å²) >= 11 is 5.78. The zero-order valence-electron chi connectivity index (χ0n) is 8.82. The van der Waals surface area contributed by atoms with E-state index in [4.69, 9.17) is 16.7 Å². The monoisotopic (exact) mass is 224 g/mol. The number of unbranched alkanes of at least 4 members (excludes halogenated alkanes) is 3. The Hall–Kier alpha value is -0.790. The molecule has 0 amide bonds. The quantitative estimate of drug-likeness (QED) is 0.727. The van der Waals surface area contributed by atoms with E-state index in [1.165, 1.54) is 5.56 Å². The number of benzene rings is 1. The molecule has 0 saturated carbocycles. The van der Waals surface area contributed by atoms with Gasteiger partial charge in [-0.25, -0.2) is 0 Å². The molecule has 0 aliphatic heterocycles. The number of aliphatic hydroxyl groups is 1. The van der Waals surface area contributed by atoms with E-state index in [9.17, 15) is 0 Å². The first-order valence-corrected chi connectivity index (χ1v) is 5.73. The molecule has 2 heteroatoms. The van der Waals surface area contributed by atoms with E-state index in [1.54, 1.807) is 0 Å². The summed E-state index contributed by atoms with van der Waals surface area (Å²) in [4.78, 5) is 0. The average Bonchev–Trinajstić information content (AvgIpc) is 2.26. The fourth-order valence-electron chi connectivity index (χ4n) is 1.34. The Morgan fingerprint density at radius 1 is 1.07 bits per heavy atom. The van der Waals surface area contributed by atoms with Crippen LogP contribution in [-0.2, 0) is 0 Å². The van der Waals surface area contributed by atoms with E-state index in [0.29, 0.717) is 6.61 Å². The van der Waals surface area contributed by atoms with Crippen LogP contribution < -0.4 is 0 Å². The van der Waals surface area contributed by atoms with Gasteiger partial charge in [0.05, 0.1) is 0 Å². The van der Waals surface area contributed by atoms with E-state index < -0.39 is 0 Å². The Morgan fingerprint density at radius 2 is 1.80 bits per heavy atom. The first-order chi connectivity index (χ1) is 7.33. The van der Waals surface area contributed by atoms with Crippen LogP contribution in [0.3, 0.4) is 0 Å². The van der Waals surface area contributed by atoms with Gasteiger partial charge in [0.15, 0.2) is 0 Å². The molecule has 0 saturated heterocycles. The van der Waals surface area contributed by atoms with Crippen molar-refractivity contribution in [1.82, 2.24) is 0 Å². The molecule has 82 valence electrons. The highest BCUT2D eigenvalue weighted by molar-refractivity contribution is 6.30. The summed E-state index contributed by atoms with van der Waals surface area (Å²) in [5.74, 6) is 0. The number of allylic oxidation sites excluding steroid dienone is 1. The third-order valence-corrected chi connectivity index (χ3v) is 2.46. The summed E-state index contributed by atoms with van der Waals surface area (Å²) in [5.41, 5.74) is 1.18. The van der Waals surface area contributed by atoms with Crippen molar-refractivity contribution in [2.24, 2.45) is 0 Å². The lowest BCUT2D eigenvalue weighted by molar-refractivity contribution is 0.283. The minimum Gasteiger partial charge on any atom is -0.396 e. The summed E-state index contributed by atoms with van der Waals surface area (Å²) in [6, 6.07) is 7.80. The number of rotatable bonds is 6. The molecule has 0 unspecified atom stereocenters. The number of hydrogen-bond acceptors (Lipinski definition) is 1. The van der Waals surface area contributed by atoms with Crippen molar-refractivity contribution in [2.45, 2.75) is 25.7 Å². The summed E-state index contributed by atoms with van der Waals surface area (Å²) < 4.78 is 0. The van der Waals surface area contributed by atoms with E-state index in [1.807, 2.05) is 24.3 Å². The van der Waals surface area contributed by atoms with Crippen molar-refractivity contribution in [3.05, 3.63) is 40.9 Å². The van der Waals surface area contributed by atoms with Crippen LogP contribution in [0.1, 0.15) is 31.2 Å². The van der Waals surface area contributed by atoms with Crippen LogP contribution in [0.4, 0.5) is 0 Å². The smallest absolute Gasteiger partial charge is 0.0431 e. The van der Waals surface area contributed by atoms with E-state index in [0.717, 1.165) is 30.7 Å². The molecule has 0 fully saturated rings. The number of halogens is 1. The van der Waals surface area contributed by atoms with Crippen LogP contribution in [0.5, 0.6) is 0 Å². The van der Waals surface area contributed by atoms with Gasteiger partial charge in [-0.1, -0.05) is 42.3 Å². The molecule has 0 spiro atoms. The van der Waals surface area contributed by atoms with Gasteiger partial charge in [0, 0.05) is 11.6 Å². The lowest BCUT2D eigenvalue weighted by Crippen LogP contribution is -1.81. The van der Waals surface area contributed by atoms with Crippen LogP contribution >= 0.6 is 11.6 Å². The first-order valence-electron chi connectivity index (χ1n) is 5.36. The van der Waals surface area contributed by atoms with Gasteiger partial charge in [-0.05, 0) is 37.0 Å². The Kier molecular flexibility index (Phi) is 6.14.